The van der Waals surface area contributed by atoms with Crippen LogP contribution in [0.25, 0.3) is 0 Å². The number of rotatable bonds is 2. The van der Waals surface area contributed by atoms with Gasteiger partial charge in [0.2, 0.25) is 0 Å². The van der Waals surface area contributed by atoms with E-state index in [1.165, 1.54) is 16.9 Å². The monoisotopic (exact) mass is 247 g/mol. The number of aliphatic imine (C=N–C) groups is 1. The van der Waals surface area contributed by atoms with Crippen LogP contribution < -0.4 is 0 Å². The third-order valence-electron chi connectivity index (χ3n) is 3.01. The van der Waals surface area contributed by atoms with Gasteiger partial charge in [-0.05, 0) is 30.7 Å². The SMILES string of the molecule is CC1CCc2c(sc(/N=C\N(C)C)c2C#N)C1. The summed E-state index contributed by atoms with van der Waals surface area (Å²) in [5.41, 5.74) is 2.05. The largest absolute Gasteiger partial charge is 0.369 e. The first kappa shape index (κ1) is 12.1. The molecular weight excluding hydrogens is 230 g/mol. The van der Waals surface area contributed by atoms with Crippen molar-refractivity contribution in [3.63, 3.8) is 0 Å². The number of thiophene rings is 1. The van der Waals surface area contributed by atoms with Crippen molar-refractivity contribution in [2.24, 2.45) is 10.9 Å². The molecule has 1 heterocycles. The van der Waals surface area contributed by atoms with Crippen molar-refractivity contribution in [3.05, 3.63) is 16.0 Å². The van der Waals surface area contributed by atoms with Gasteiger partial charge in [-0.2, -0.15) is 5.26 Å². The molecule has 1 aliphatic rings. The maximum absolute atomic E-state index is 9.26. The van der Waals surface area contributed by atoms with E-state index in [1.54, 1.807) is 17.7 Å². The van der Waals surface area contributed by atoms with E-state index < -0.39 is 0 Å². The van der Waals surface area contributed by atoms with Crippen LogP contribution in [0.3, 0.4) is 0 Å². The Morgan fingerprint density at radius 2 is 2.29 bits per heavy atom. The molecule has 0 spiro atoms. The summed E-state index contributed by atoms with van der Waals surface area (Å²) in [6, 6.07) is 2.32. The van der Waals surface area contributed by atoms with Gasteiger partial charge in [-0.1, -0.05) is 6.92 Å². The smallest absolute Gasteiger partial charge is 0.136 e. The lowest BCUT2D eigenvalue weighted by atomic mass is 9.89. The summed E-state index contributed by atoms with van der Waals surface area (Å²) in [6.45, 7) is 2.28. The average molecular weight is 247 g/mol. The third kappa shape index (κ3) is 2.50. The van der Waals surface area contributed by atoms with Crippen LogP contribution in [0.4, 0.5) is 5.00 Å². The van der Waals surface area contributed by atoms with Gasteiger partial charge in [-0.3, -0.25) is 0 Å². The second kappa shape index (κ2) is 4.89. The van der Waals surface area contributed by atoms with Crippen LogP contribution in [0.5, 0.6) is 0 Å². The van der Waals surface area contributed by atoms with Crippen molar-refractivity contribution in [2.75, 3.05) is 14.1 Å². The molecule has 1 aromatic rings. The van der Waals surface area contributed by atoms with Gasteiger partial charge in [-0.15, -0.1) is 11.3 Å². The molecule has 0 amide bonds. The van der Waals surface area contributed by atoms with Crippen LogP contribution in [0.1, 0.15) is 29.3 Å². The van der Waals surface area contributed by atoms with Gasteiger partial charge in [0.15, 0.2) is 0 Å². The van der Waals surface area contributed by atoms with Crippen LogP contribution in [-0.2, 0) is 12.8 Å². The van der Waals surface area contributed by atoms with E-state index in [4.69, 9.17) is 0 Å². The molecule has 2 rings (SSSR count). The highest BCUT2D eigenvalue weighted by Gasteiger charge is 2.23. The molecule has 0 N–H and O–H groups in total. The van der Waals surface area contributed by atoms with E-state index in [-0.39, 0.29) is 0 Å². The Hall–Kier alpha value is -1.34. The summed E-state index contributed by atoms with van der Waals surface area (Å²) in [5, 5.41) is 10.1. The van der Waals surface area contributed by atoms with Crippen LogP contribution in [0.2, 0.25) is 0 Å². The van der Waals surface area contributed by atoms with Crippen molar-refractivity contribution < 1.29 is 0 Å². The van der Waals surface area contributed by atoms with E-state index in [0.717, 1.165) is 29.3 Å². The topological polar surface area (TPSA) is 39.4 Å². The van der Waals surface area contributed by atoms with Crippen molar-refractivity contribution in [1.29, 1.82) is 5.26 Å². The van der Waals surface area contributed by atoms with Crippen LogP contribution in [0, 0.1) is 17.2 Å². The molecule has 0 aromatic carbocycles. The Balaban J connectivity index is 2.38. The first-order chi connectivity index (χ1) is 8.11. The van der Waals surface area contributed by atoms with E-state index in [1.807, 2.05) is 19.0 Å². The number of fused-ring (bicyclic) bond motifs is 1. The fourth-order valence-electron chi connectivity index (χ4n) is 2.11. The van der Waals surface area contributed by atoms with Gasteiger partial charge in [0.1, 0.15) is 11.1 Å². The molecule has 0 fully saturated rings. The zero-order valence-electron chi connectivity index (χ0n) is 10.5. The first-order valence-electron chi connectivity index (χ1n) is 5.87. The number of nitrogens with zero attached hydrogens (tertiary/aromatic N) is 3. The second-order valence-electron chi connectivity index (χ2n) is 4.85. The molecule has 0 radical (unpaired) electrons. The Morgan fingerprint density at radius 1 is 1.53 bits per heavy atom. The molecule has 0 saturated heterocycles. The van der Waals surface area contributed by atoms with Gasteiger partial charge in [0.25, 0.3) is 0 Å². The number of hydrogen-bond donors (Lipinski definition) is 0. The average Bonchev–Trinajstić information content (AvgIpc) is 2.62. The van der Waals surface area contributed by atoms with Crippen molar-refractivity contribution in [1.82, 2.24) is 4.90 Å². The zero-order valence-corrected chi connectivity index (χ0v) is 11.3. The normalized spacial score (nSPS) is 19.1. The summed E-state index contributed by atoms with van der Waals surface area (Å²) < 4.78 is 0. The molecule has 3 nitrogen and oxygen atoms in total. The van der Waals surface area contributed by atoms with E-state index in [2.05, 4.69) is 18.0 Å². The van der Waals surface area contributed by atoms with Crippen LogP contribution in [0.15, 0.2) is 4.99 Å². The predicted octanol–water partition coefficient (Wildman–Crippen LogP) is 2.97. The molecule has 4 heteroatoms. The minimum absolute atomic E-state index is 0.735. The molecule has 1 aromatic heterocycles. The fraction of sp³-hybridized carbons (Fsp3) is 0.538. The quantitative estimate of drug-likeness (QED) is 0.595. The summed E-state index contributed by atoms with van der Waals surface area (Å²) >= 11 is 1.69. The zero-order chi connectivity index (χ0) is 12.4. The molecule has 90 valence electrons. The molecular formula is C13H17N3S. The maximum Gasteiger partial charge on any atom is 0.136 e. The van der Waals surface area contributed by atoms with Crippen molar-refractivity contribution >= 4 is 22.7 Å². The summed E-state index contributed by atoms with van der Waals surface area (Å²) in [6.07, 6.45) is 5.09. The lowest BCUT2D eigenvalue weighted by Gasteiger charge is -2.17. The highest BCUT2D eigenvalue weighted by Crippen LogP contribution is 2.40. The third-order valence-corrected chi connectivity index (χ3v) is 4.17. The molecule has 1 atom stereocenters. The molecule has 1 unspecified atom stereocenters. The Labute approximate surface area is 106 Å². The first-order valence-corrected chi connectivity index (χ1v) is 6.68. The van der Waals surface area contributed by atoms with Gasteiger partial charge in [-0.25, -0.2) is 4.99 Å². The van der Waals surface area contributed by atoms with Crippen molar-refractivity contribution in [2.45, 2.75) is 26.2 Å². The maximum atomic E-state index is 9.26. The number of nitriles is 1. The van der Waals surface area contributed by atoms with Gasteiger partial charge in [0.05, 0.1) is 11.9 Å². The molecule has 1 aliphatic carbocycles. The van der Waals surface area contributed by atoms with Gasteiger partial charge < -0.3 is 4.90 Å². The Bertz CT molecular complexity index is 480. The minimum atomic E-state index is 0.735. The Morgan fingerprint density at radius 3 is 2.94 bits per heavy atom. The number of hydrogen-bond acceptors (Lipinski definition) is 3. The minimum Gasteiger partial charge on any atom is -0.369 e. The van der Waals surface area contributed by atoms with E-state index in [0.29, 0.717) is 0 Å². The lowest BCUT2D eigenvalue weighted by Crippen LogP contribution is -2.09. The molecule has 0 bridgehead atoms. The summed E-state index contributed by atoms with van der Waals surface area (Å²) in [7, 11) is 3.87. The van der Waals surface area contributed by atoms with Crippen LogP contribution in [-0.4, -0.2) is 25.3 Å². The van der Waals surface area contributed by atoms with Crippen LogP contribution >= 0.6 is 11.3 Å². The Kier molecular flexibility index (Phi) is 3.49. The van der Waals surface area contributed by atoms with Gasteiger partial charge >= 0.3 is 0 Å². The van der Waals surface area contributed by atoms with E-state index >= 15 is 0 Å². The predicted molar refractivity (Wildman–Crippen MR) is 72.1 cm³/mol. The molecule has 0 saturated carbocycles. The fourth-order valence-corrected chi connectivity index (χ4v) is 3.41. The highest BCUT2D eigenvalue weighted by molar-refractivity contribution is 7.16. The molecule has 0 aliphatic heterocycles. The summed E-state index contributed by atoms with van der Waals surface area (Å²) in [4.78, 5) is 7.66. The highest BCUT2D eigenvalue weighted by atomic mass is 32.1. The molecule has 17 heavy (non-hydrogen) atoms. The van der Waals surface area contributed by atoms with Crippen molar-refractivity contribution in [3.8, 4) is 6.07 Å². The second-order valence-corrected chi connectivity index (χ2v) is 5.94. The standard InChI is InChI=1S/C13H17N3S/c1-9-4-5-10-11(7-14)13(15-8-16(2)3)17-12(10)6-9/h8-9H,4-6H2,1-3H3/b15-8-. The summed E-state index contributed by atoms with van der Waals surface area (Å²) in [5.74, 6) is 0.735. The lowest BCUT2D eigenvalue weighted by molar-refractivity contribution is 0.507. The van der Waals surface area contributed by atoms with E-state index in [9.17, 15) is 5.26 Å². The van der Waals surface area contributed by atoms with Gasteiger partial charge in [0, 0.05) is 19.0 Å².